The molecule has 7 heteroatoms. The van der Waals surface area contributed by atoms with Gasteiger partial charge in [0.05, 0.1) is 5.69 Å². The SMILES string of the molecule is CC(c1nc2cc(Br)cc(N)c2o1)n1cncn1. The van der Waals surface area contributed by atoms with Crippen LogP contribution in [-0.4, -0.2) is 19.7 Å². The van der Waals surface area contributed by atoms with Crippen LogP contribution in [0.1, 0.15) is 18.9 Å². The molecular formula is C11H10BrN5O. The summed E-state index contributed by atoms with van der Waals surface area (Å²) < 4.78 is 8.25. The van der Waals surface area contributed by atoms with Crippen molar-refractivity contribution in [1.82, 2.24) is 19.7 Å². The summed E-state index contributed by atoms with van der Waals surface area (Å²) in [7, 11) is 0. The summed E-state index contributed by atoms with van der Waals surface area (Å²) in [6.07, 6.45) is 3.10. The number of oxazole rings is 1. The van der Waals surface area contributed by atoms with E-state index in [4.69, 9.17) is 10.2 Å². The number of rotatable bonds is 2. The molecule has 0 aliphatic carbocycles. The minimum atomic E-state index is -0.127. The number of nitrogen functional groups attached to an aromatic ring is 1. The fourth-order valence-corrected chi connectivity index (χ4v) is 2.21. The van der Waals surface area contributed by atoms with Crippen molar-refractivity contribution >= 4 is 32.7 Å². The zero-order chi connectivity index (χ0) is 12.7. The molecule has 0 fully saturated rings. The lowest BCUT2D eigenvalue weighted by molar-refractivity contribution is 0.427. The number of nitrogens with zero attached hydrogens (tertiary/aromatic N) is 4. The van der Waals surface area contributed by atoms with Gasteiger partial charge in [-0.2, -0.15) is 5.10 Å². The predicted molar refractivity (Wildman–Crippen MR) is 70.0 cm³/mol. The van der Waals surface area contributed by atoms with E-state index in [-0.39, 0.29) is 6.04 Å². The van der Waals surface area contributed by atoms with Crippen LogP contribution in [0.2, 0.25) is 0 Å². The Morgan fingerprint density at radius 2 is 2.28 bits per heavy atom. The van der Waals surface area contributed by atoms with Crippen LogP contribution < -0.4 is 5.73 Å². The van der Waals surface area contributed by atoms with Crippen molar-refractivity contribution in [3.63, 3.8) is 0 Å². The summed E-state index contributed by atoms with van der Waals surface area (Å²) >= 11 is 3.38. The zero-order valence-corrected chi connectivity index (χ0v) is 11.1. The summed E-state index contributed by atoms with van der Waals surface area (Å²) in [5.41, 5.74) is 7.77. The molecule has 0 saturated carbocycles. The Bertz CT molecular complexity index is 691. The van der Waals surface area contributed by atoms with Gasteiger partial charge in [0.2, 0.25) is 5.89 Å². The monoisotopic (exact) mass is 307 g/mol. The van der Waals surface area contributed by atoms with Crippen LogP contribution in [0.25, 0.3) is 11.1 Å². The summed E-state index contributed by atoms with van der Waals surface area (Å²) in [6, 6.07) is 3.53. The molecule has 3 rings (SSSR count). The predicted octanol–water partition coefficient (Wildman–Crippen LogP) is 2.37. The van der Waals surface area contributed by atoms with Crippen LogP contribution in [0.3, 0.4) is 0 Å². The Morgan fingerprint density at radius 1 is 1.44 bits per heavy atom. The quantitative estimate of drug-likeness (QED) is 0.735. The number of halogens is 1. The lowest BCUT2D eigenvalue weighted by atomic mass is 10.3. The van der Waals surface area contributed by atoms with Gasteiger partial charge in [0.15, 0.2) is 5.58 Å². The van der Waals surface area contributed by atoms with E-state index in [1.54, 1.807) is 17.1 Å². The van der Waals surface area contributed by atoms with Crippen molar-refractivity contribution < 1.29 is 4.42 Å². The summed E-state index contributed by atoms with van der Waals surface area (Å²) in [5, 5.41) is 4.07. The van der Waals surface area contributed by atoms with Gasteiger partial charge in [-0.1, -0.05) is 15.9 Å². The van der Waals surface area contributed by atoms with Crippen LogP contribution >= 0.6 is 15.9 Å². The highest BCUT2D eigenvalue weighted by atomic mass is 79.9. The first-order valence-corrected chi connectivity index (χ1v) is 6.14. The Kier molecular flexibility index (Phi) is 2.55. The van der Waals surface area contributed by atoms with E-state index in [2.05, 4.69) is 31.0 Å². The highest BCUT2D eigenvalue weighted by Gasteiger charge is 2.17. The van der Waals surface area contributed by atoms with Gasteiger partial charge in [0.25, 0.3) is 0 Å². The molecule has 18 heavy (non-hydrogen) atoms. The topological polar surface area (TPSA) is 82.8 Å². The first kappa shape index (κ1) is 11.2. The minimum absolute atomic E-state index is 0.127. The van der Waals surface area contributed by atoms with Gasteiger partial charge in [0, 0.05) is 4.47 Å². The number of anilines is 1. The number of fused-ring (bicyclic) bond motifs is 1. The van der Waals surface area contributed by atoms with E-state index in [0.29, 0.717) is 17.2 Å². The Labute approximate surface area is 111 Å². The summed E-state index contributed by atoms with van der Waals surface area (Å²) in [5.74, 6) is 0.556. The van der Waals surface area contributed by atoms with Crippen molar-refractivity contribution in [2.45, 2.75) is 13.0 Å². The third-order valence-corrected chi connectivity index (χ3v) is 3.15. The molecule has 2 N–H and O–H groups in total. The Morgan fingerprint density at radius 3 is 3.00 bits per heavy atom. The molecule has 0 spiro atoms. The number of hydrogen-bond acceptors (Lipinski definition) is 5. The van der Waals surface area contributed by atoms with Crippen LogP contribution in [0.15, 0.2) is 33.7 Å². The van der Waals surface area contributed by atoms with Gasteiger partial charge in [-0.25, -0.2) is 14.6 Å². The summed E-state index contributed by atoms with van der Waals surface area (Å²) in [4.78, 5) is 8.33. The molecule has 0 bridgehead atoms. The third-order valence-electron chi connectivity index (χ3n) is 2.69. The maximum atomic E-state index is 5.89. The highest BCUT2D eigenvalue weighted by Crippen LogP contribution is 2.29. The molecule has 0 amide bonds. The molecule has 0 saturated heterocycles. The molecule has 2 heterocycles. The van der Waals surface area contributed by atoms with Crippen molar-refractivity contribution in [2.24, 2.45) is 0 Å². The third kappa shape index (κ3) is 1.76. The zero-order valence-electron chi connectivity index (χ0n) is 9.54. The minimum Gasteiger partial charge on any atom is -0.436 e. The Balaban J connectivity index is 2.11. The highest BCUT2D eigenvalue weighted by molar-refractivity contribution is 9.10. The molecule has 3 aromatic rings. The second kappa shape index (κ2) is 4.09. The molecule has 0 aliphatic heterocycles. The van der Waals surface area contributed by atoms with E-state index in [1.807, 2.05) is 13.0 Å². The molecule has 92 valence electrons. The van der Waals surface area contributed by atoms with Crippen LogP contribution in [0.5, 0.6) is 0 Å². The molecule has 1 atom stereocenters. The van der Waals surface area contributed by atoms with Gasteiger partial charge in [0.1, 0.15) is 24.2 Å². The van der Waals surface area contributed by atoms with Crippen molar-refractivity contribution in [3.05, 3.63) is 35.2 Å². The first-order chi connectivity index (χ1) is 8.65. The molecule has 1 unspecified atom stereocenters. The fraction of sp³-hybridized carbons (Fsp3) is 0.182. The van der Waals surface area contributed by atoms with Gasteiger partial charge < -0.3 is 10.2 Å². The average Bonchev–Trinajstić information content (AvgIpc) is 2.96. The van der Waals surface area contributed by atoms with E-state index in [9.17, 15) is 0 Å². The molecule has 1 aromatic carbocycles. The lowest BCUT2D eigenvalue weighted by Gasteiger charge is -2.05. The number of nitrogens with two attached hydrogens (primary N) is 1. The number of aromatic nitrogens is 4. The molecule has 6 nitrogen and oxygen atoms in total. The van der Waals surface area contributed by atoms with Crippen LogP contribution in [0.4, 0.5) is 5.69 Å². The average molecular weight is 308 g/mol. The van der Waals surface area contributed by atoms with Crippen LogP contribution in [-0.2, 0) is 0 Å². The lowest BCUT2D eigenvalue weighted by Crippen LogP contribution is -2.07. The smallest absolute Gasteiger partial charge is 0.220 e. The van der Waals surface area contributed by atoms with Crippen molar-refractivity contribution in [2.75, 3.05) is 5.73 Å². The van der Waals surface area contributed by atoms with Gasteiger partial charge in [-0.05, 0) is 19.1 Å². The van der Waals surface area contributed by atoms with E-state index in [0.717, 1.165) is 9.99 Å². The second-order valence-corrected chi connectivity index (χ2v) is 4.86. The first-order valence-electron chi connectivity index (χ1n) is 5.34. The molecular weight excluding hydrogens is 298 g/mol. The molecule has 0 aliphatic rings. The normalized spacial score (nSPS) is 13.0. The summed E-state index contributed by atoms with van der Waals surface area (Å²) in [6.45, 7) is 1.94. The Hall–Kier alpha value is -1.89. The van der Waals surface area contributed by atoms with Gasteiger partial charge in [-0.15, -0.1) is 0 Å². The van der Waals surface area contributed by atoms with Crippen molar-refractivity contribution in [1.29, 1.82) is 0 Å². The molecule has 0 radical (unpaired) electrons. The standard InChI is InChI=1S/C11H10BrN5O/c1-6(17-5-14-4-15-17)11-16-9-3-7(12)2-8(13)10(9)18-11/h2-6H,13H2,1H3. The van der Waals surface area contributed by atoms with Crippen molar-refractivity contribution in [3.8, 4) is 0 Å². The van der Waals surface area contributed by atoms with Crippen LogP contribution in [0, 0.1) is 0 Å². The fourth-order valence-electron chi connectivity index (χ4n) is 1.75. The number of benzene rings is 1. The second-order valence-electron chi connectivity index (χ2n) is 3.95. The van der Waals surface area contributed by atoms with E-state index < -0.39 is 0 Å². The number of hydrogen-bond donors (Lipinski definition) is 1. The van der Waals surface area contributed by atoms with Gasteiger partial charge >= 0.3 is 0 Å². The maximum Gasteiger partial charge on any atom is 0.220 e. The largest absolute Gasteiger partial charge is 0.436 e. The van der Waals surface area contributed by atoms with Gasteiger partial charge in [-0.3, -0.25) is 0 Å². The molecule has 2 aromatic heterocycles. The maximum absolute atomic E-state index is 5.89. The van der Waals surface area contributed by atoms with E-state index >= 15 is 0 Å². The van der Waals surface area contributed by atoms with E-state index in [1.165, 1.54) is 6.33 Å².